The lowest BCUT2D eigenvalue weighted by Gasteiger charge is -2.07. The van der Waals surface area contributed by atoms with Crippen molar-refractivity contribution in [3.8, 4) is 5.75 Å². The maximum absolute atomic E-state index is 12.2. The first-order valence-corrected chi connectivity index (χ1v) is 10.8. The van der Waals surface area contributed by atoms with Gasteiger partial charge in [-0.3, -0.25) is 24.5 Å². The lowest BCUT2D eigenvalue weighted by atomic mass is 10.1. The van der Waals surface area contributed by atoms with Crippen molar-refractivity contribution in [3.05, 3.63) is 65.7 Å². The van der Waals surface area contributed by atoms with Gasteiger partial charge in [0.25, 0.3) is 5.91 Å². The topological polar surface area (TPSA) is 98.8 Å². The van der Waals surface area contributed by atoms with Crippen molar-refractivity contribution in [1.82, 2.24) is 5.32 Å². The number of imide groups is 1. The van der Waals surface area contributed by atoms with Crippen LogP contribution in [0.3, 0.4) is 0 Å². The van der Waals surface area contributed by atoms with Crippen LogP contribution in [-0.2, 0) is 25.5 Å². The molecule has 7 heteroatoms. The first kappa shape index (κ1) is 24.8. The average molecular weight is 440 g/mol. The zero-order chi connectivity index (χ0) is 23.2. The Morgan fingerprint density at radius 2 is 1.56 bits per heavy atom. The van der Waals surface area contributed by atoms with Crippen LogP contribution in [0.4, 0.5) is 0 Å². The van der Waals surface area contributed by atoms with Crippen LogP contribution in [0.25, 0.3) is 0 Å². The highest BCUT2D eigenvalue weighted by Crippen LogP contribution is 2.15. The Kier molecular flexibility index (Phi) is 10.6. The molecule has 0 radical (unpaired) electrons. The number of ether oxygens (including phenoxy) is 2. The minimum absolute atomic E-state index is 0.0376. The molecule has 2 rings (SSSR count). The van der Waals surface area contributed by atoms with E-state index in [1.165, 1.54) is 0 Å². The van der Waals surface area contributed by atoms with Crippen LogP contribution in [0, 0.1) is 0 Å². The molecule has 0 spiro atoms. The molecule has 170 valence electrons. The summed E-state index contributed by atoms with van der Waals surface area (Å²) >= 11 is 0. The van der Waals surface area contributed by atoms with E-state index in [2.05, 4.69) is 12.2 Å². The zero-order valence-corrected chi connectivity index (χ0v) is 18.3. The summed E-state index contributed by atoms with van der Waals surface area (Å²) in [6.45, 7) is 2.19. The van der Waals surface area contributed by atoms with Gasteiger partial charge < -0.3 is 9.47 Å². The quantitative estimate of drug-likeness (QED) is 0.291. The number of Topliss-reactive ketones (excluding diaryl/α,β-unsaturated/α-hetero) is 1. The molecule has 0 saturated heterocycles. The van der Waals surface area contributed by atoms with Crippen molar-refractivity contribution >= 4 is 23.6 Å². The fourth-order valence-electron chi connectivity index (χ4n) is 2.87. The van der Waals surface area contributed by atoms with Gasteiger partial charge in [-0.05, 0) is 36.2 Å². The van der Waals surface area contributed by atoms with Gasteiger partial charge in [-0.25, -0.2) is 0 Å². The van der Waals surface area contributed by atoms with Crippen molar-refractivity contribution < 1.29 is 28.7 Å². The van der Waals surface area contributed by atoms with Gasteiger partial charge in [-0.2, -0.15) is 0 Å². The van der Waals surface area contributed by atoms with Crippen molar-refractivity contribution in [1.29, 1.82) is 0 Å². The Morgan fingerprint density at radius 1 is 0.844 bits per heavy atom. The molecule has 32 heavy (non-hydrogen) atoms. The Bertz CT molecular complexity index is 892. The molecule has 0 aromatic heterocycles. The summed E-state index contributed by atoms with van der Waals surface area (Å²) in [6, 6.07) is 15.8. The van der Waals surface area contributed by atoms with Crippen LogP contribution < -0.4 is 10.1 Å². The normalized spacial score (nSPS) is 10.3. The van der Waals surface area contributed by atoms with Crippen LogP contribution in [0.5, 0.6) is 5.75 Å². The third-order valence-corrected chi connectivity index (χ3v) is 4.60. The number of unbranched alkanes of at least 4 members (excludes halogenated alkanes) is 2. The Hall–Kier alpha value is -3.48. The van der Waals surface area contributed by atoms with Crippen LogP contribution in [0.15, 0.2) is 54.6 Å². The number of rotatable bonds is 13. The molecular weight excluding hydrogens is 410 g/mol. The van der Waals surface area contributed by atoms with E-state index < -0.39 is 24.4 Å². The third-order valence-electron chi connectivity index (χ3n) is 4.60. The van der Waals surface area contributed by atoms with Crippen LogP contribution >= 0.6 is 0 Å². The molecule has 0 unspecified atom stereocenters. The number of carbonyl (C=O) groups excluding carboxylic acids is 4. The Morgan fingerprint density at radius 3 is 2.25 bits per heavy atom. The number of nitrogens with one attached hydrogen (secondary N) is 1. The van der Waals surface area contributed by atoms with E-state index in [-0.39, 0.29) is 25.0 Å². The second-order valence-electron chi connectivity index (χ2n) is 7.30. The van der Waals surface area contributed by atoms with Gasteiger partial charge in [0.15, 0.2) is 12.4 Å². The molecule has 0 fully saturated rings. The van der Waals surface area contributed by atoms with Crippen molar-refractivity contribution in [2.45, 2.75) is 45.4 Å². The third kappa shape index (κ3) is 9.55. The van der Waals surface area contributed by atoms with E-state index >= 15 is 0 Å². The monoisotopic (exact) mass is 439 g/mol. The summed E-state index contributed by atoms with van der Waals surface area (Å²) in [4.78, 5) is 47.7. The lowest BCUT2D eigenvalue weighted by Crippen LogP contribution is -2.35. The largest absolute Gasteiger partial charge is 0.494 e. The number of ketones is 1. The molecular formula is C25H29NO6. The van der Waals surface area contributed by atoms with Gasteiger partial charge >= 0.3 is 5.97 Å². The molecule has 0 aliphatic heterocycles. The minimum atomic E-state index is -0.708. The maximum Gasteiger partial charge on any atom is 0.306 e. The van der Waals surface area contributed by atoms with E-state index in [9.17, 15) is 19.2 Å². The van der Waals surface area contributed by atoms with Crippen molar-refractivity contribution in [3.63, 3.8) is 0 Å². The fraction of sp³-hybridized carbons (Fsp3) is 0.360. The molecule has 1 N–H and O–H groups in total. The molecule has 0 saturated carbocycles. The molecule has 0 bridgehead atoms. The molecule has 0 aliphatic carbocycles. The first-order chi connectivity index (χ1) is 15.5. The first-order valence-electron chi connectivity index (χ1n) is 10.8. The summed E-state index contributed by atoms with van der Waals surface area (Å²) < 4.78 is 10.5. The summed E-state index contributed by atoms with van der Waals surface area (Å²) in [6.07, 6.45) is 3.08. The molecule has 0 atom stereocenters. The lowest BCUT2D eigenvalue weighted by molar-refractivity contribution is -0.149. The predicted molar refractivity (Wildman–Crippen MR) is 119 cm³/mol. The summed E-state index contributed by atoms with van der Waals surface area (Å²) in [7, 11) is 0. The van der Waals surface area contributed by atoms with Crippen LogP contribution in [0.2, 0.25) is 0 Å². The smallest absolute Gasteiger partial charge is 0.306 e. The zero-order valence-electron chi connectivity index (χ0n) is 18.3. The van der Waals surface area contributed by atoms with Crippen LogP contribution in [0.1, 0.15) is 54.9 Å². The molecule has 0 aliphatic rings. The summed E-state index contributed by atoms with van der Waals surface area (Å²) in [5.74, 6) is -1.38. The maximum atomic E-state index is 12.2. The molecule has 7 nitrogen and oxygen atoms in total. The van der Waals surface area contributed by atoms with Gasteiger partial charge in [0.2, 0.25) is 5.91 Å². The number of benzene rings is 2. The predicted octanol–water partition coefficient (Wildman–Crippen LogP) is 3.65. The highest BCUT2D eigenvalue weighted by molar-refractivity contribution is 5.98. The SMILES string of the molecule is CCCCCOc1ccc(C(=O)CCC(=O)OCC(=O)NC(=O)Cc2ccccc2)cc1. The highest BCUT2D eigenvalue weighted by Gasteiger charge is 2.14. The molecule has 2 aromatic carbocycles. The second-order valence-corrected chi connectivity index (χ2v) is 7.30. The van der Waals surface area contributed by atoms with E-state index in [0.717, 1.165) is 24.8 Å². The van der Waals surface area contributed by atoms with Crippen molar-refractivity contribution in [2.24, 2.45) is 0 Å². The van der Waals surface area contributed by atoms with E-state index in [1.807, 2.05) is 6.07 Å². The highest BCUT2D eigenvalue weighted by atomic mass is 16.5. The standard InChI is InChI=1S/C25H29NO6/c1-2-3-7-16-31-21-12-10-20(11-13-21)22(27)14-15-25(30)32-18-24(29)26-23(28)17-19-8-5-4-6-9-19/h4-6,8-13H,2-3,7,14-18H2,1H3,(H,26,28,29). The number of hydrogen-bond donors (Lipinski definition) is 1. The van der Waals surface area contributed by atoms with E-state index in [1.54, 1.807) is 48.5 Å². The van der Waals surface area contributed by atoms with Crippen LogP contribution in [-0.4, -0.2) is 36.8 Å². The van der Waals surface area contributed by atoms with E-state index in [4.69, 9.17) is 9.47 Å². The van der Waals surface area contributed by atoms with Gasteiger partial charge in [-0.1, -0.05) is 50.1 Å². The molecule has 2 amide bonds. The number of hydrogen-bond acceptors (Lipinski definition) is 6. The van der Waals surface area contributed by atoms with Gasteiger partial charge in [0.05, 0.1) is 19.4 Å². The van der Waals surface area contributed by atoms with Gasteiger partial charge in [0, 0.05) is 12.0 Å². The number of esters is 1. The van der Waals surface area contributed by atoms with E-state index in [0.29, 0.717) is 17.9 Å². The van der Waals surface area contributed by atoms with Gasteiger partial charge in [-0.15, -0.1) is 0 Å². The average Bonchev–Trinajstić information content (AvgIpc) is 2.80. The number of carbonyl (C=O) groups is 4. The summed E-state index contributed by atoms with van der Waals surface area (Å²) in [5, 5.41) is 2.17. The second kappa shape index (κ2) is 13.7. The van der Waals surface area contributed by atoms with Crippen molar-refractivity contribution in [2.75, 3.05) is 13.2 Å². The Balaban J connectivity index is 1.65. The molecule has 2 aromatic rings. The number of amides is 2. The summed E-state index contributed by atoms with van der Waals surface area (Å²) in [5.41, 5.74) is 1.24. The Labute approximate surface area is 188 Å². The fourth-order valence-corrected chi connectivity index (χ4v) is 2.87. The minimum Gasteiger partial charge on any atom is -0.494 e. The van der Waals surface area contributed by atoms with Gasteiger partial charge in [0.1, 0.15) is 5.75 Å². The molecule has 0 heterocycles.